The number of hydrogen-bond donors (Lipinski definition) is 0. The number of hydrogen-bond acceptors (Lipinski definition) is 4. The molecular formula is C53H62B2O4. The van der Waals surface area contributed by atoms with Gasteiger partial charge in [0.15, 0.2) is 0 Å². The van der Waals surface area contributed by atoms with Crippen LogP contribution in [0.5, 0.6) is 0 Å². The molecule has 2 heterocycles. The zero-order valence-corrected chi connectivity index (χ0v) is 37.1. The molecule has 0 saturated carbocycles. The fraction of sp³-hybridized carbons (Fsp3) is 0.434. The van der Waals surface area contributed by atoms with Crippen molar-refractivity contribution in [1.29, 1.82) is 0 Å². The van der Waals surface area contributed by atoms with Crippen LogP contribution in [0, 0.1) is 0 Å². The minimum Gasteiger partial charge on any atom is -0.399 e. The summed E-state index contributed by atoms with van der Waals surface area (Å²) in [6.45, 7) is 21.7. The first-order chi connectivity index (χ1) is 28.0. The summed E-state index contributed by atoms with van der Waals surface area (Å²) in [5, 5.41) is 0. The van der Waals surface area contributed by atoms with Gasteiger partial charge in [0.05, 0.1) is 27.8 Å². The molecule has 2 aliphatic heterocycles. The van der Waals surface area contributed by atoms with Gasteiger partial charge in [0, 0.05) is 5.41 Å². The van der Waals surface area contributed by atoms with E-state index in [-0.39, 0.29) is 5.41 Å². The maximum atomic E-state index is 6.54. The predicted molar refractivity (Wildman–Crippen MR) is 245 cm³/mol. The van der Waals surface area contributed by atoms with Crippen molar-refractivity contribution in [2.75, 3.05) is 0 Å². The maximum absolute atomic E-state index is 6.54. The van der Waals surface area contributed by atoms with E-state index in [0.717, 1.165) is 17.3 Å². The average molecular weight is 785 g/mol. The molecule has 5 aromatic rings. The standard InChI is InChI=1S/C53H62B2O4/c1-11-12-13-14-15-20-33-52(10)44-23-18-16-21-40(44)42-35-47-43(34-46(42)52)41-22-17-19-24-45(41)53(47,36-25-29-38(30-26-36)54-56-48(2,3)49(4,5)57-54)37-27-31-39(32-28-37)55-58-50(6,7)51(8,9)59-55/h16-19,21-32,34-35H,11-15,20,33H2,1-10H3. The highest BCUT2D eigenvalue weighted by Gasteiger charge is 2.54. The molecule has 1 unspecified atom stereocenters. The zero-order chi connectivity index (χ0) is 41.6. The number of unbranched alkanes of at least 4 members (excludes halogenated alkanes) is 5. The Bertz CT molecular complexity index is 2260. The highest BCUT2D eigenvalue weighted by atomic mass is 16.7. The maximum Gasteiger partial charge on any atom is 0.494 e. The van der Waals surface area contributed by atoms with E-state index >= 15 is 0 Å². The lowest BCUT2D eigenvalue weighted by atomic mass is 9.65. The summed E-state index contributed by atoms with van der Waals surface area (Å²) >= 11 is 0. The van der Waals surface area contributed by atoms with E-state index in [1.165, 1.54) is 94.2 Å². The van der Waals surface area contributed by atoms with Gasteiger partial charge in [0.2, 0.25) is 0 Å². The van der Waals surface area contributed by atoms with Crippen LogP contribution in [0.4, 0.5) is 0 Å². The molecule has 0 bridgehead atoms. The Morgan fingerprint density at radius 1 is 0.407 bits per heavy atom. The van der Waals surface area contributed by atoms with Crippen molar-refractivity contribution in [3.63, 3.8) is 0 Å². The summed E-state index contributed by atoms with van der Waals surface area (Å²) in [6, 6.07) is 41.6. The molecule has 1 atom stereocenters. The second-order valence-electron chi connectivity index (χ2n) is 20.1. The van der Waals surface area contributed by atoms with Crippen molar-refractivity contribution in [2.24, 2.45) is 0 Å². The molecule has 4 nitrogen and oxygen atoms in total. The van der Waals surface area contributed by atoms with Gasteiger partial charge >= 0.3 is 14.2 Å². The summed E-state index contributed by atoms with van der Waals surface area (Å²) in [5.41, 5.74) is 13.1. The largest absolute Gasteiger partial charge is 0.494 e. The van der Waals surface area contributed by atoms with Crippen molar-refractivity contribution in [2.45, 2.75) is 147 Å². The number of benzene rings is 5. The number of fused-ring (bicyclic) bond motifs is 6. The van der Waals surface area contributed by atoms with E-state index in [0.29, 0.717) is 0 Å². The van der Waals surface area contributed by atoms with E-state index in [2.05, 4.69) is 178 Å². The molecule has 2 aliphatic carbocycles. The van der Waals surface area contributed by atoms with Crippen LogP contribution in [0.2, 0.25) is 0 Å². The highest BCUT2D eigenvalue weighted by molar-refractivity contribution is 6.62. The normalized spacial score (nSPS) is 22.3. The predicted octanol–water partition coefficient (Wildman–Crippen LogP) is 11.7. The third-order valence-corrected chi connectivity index (χ3v) is 15.4. The lowest BCUT2D eigenvalue weighted by Gasteiger charge is -2.35. The monoisotopic (exact) mass is 784 g/mol. The molecule has 0 amide bonds. The lowest BCUT2D eigenvalue weighted by Crippen LogP contribution is -2.41. The van der Waals surface area contributed by atoms with Crippen LogP contribution in [0.15, 0.2) is 109 Å². The first-order valence-corrected chi connectivity index (χ1v) is 22.3. The van der Waals surface area contributed by atoms with Gasteiger partial charge in [0.1, 0.15) is 0 Å². The van der Waals surface area contributed by atoms with Crippen molar-refractivity contribution in [3.05, 3.63) is 143 Å². The van der Waals surface area contributed by atoms with Gasteiger partial charge in [-0.05, 0) is 141 Å². The van der Waals surface area contributed by atoms with Gasteiger partial charge < -0.3 is 18.6 Å². The molecule has 304 valence electrons. The van der Waals surface area contributed by atoms with E-state index in [1.807, 2.05) is 0 Å². The Hall–Kier alpha value is -3.93. The van der Waals surface area contributed by atoms with Crippen molar-refractivity contribution >= 4 is 25.2 Å². The zero-order valence-electron chi connectivity index (χ0n) is 37.1. The van der Waals surface area contributed by atoms with E-state index in [4.69, 9.17) is 18.6 Å². The van der Waals surface area contributed by atoms with Crippen LogP contribution >= 0.6 is 0 Å². The first-order valence-electron chi connectivity index (χ1n) is 22.3. The molecule has 4 aliphatic rings. The van der Waals surface area contributed by atoms with E-state index in [9.17, 15) is 0 Å². The molecule has 6 heteroatoms. The summed E-state index contributed by atoms with van der Waals surface area (Å²) in [5.74, 6) is 0. The highest BCUT2D eigenvalue weighted by Crippen LogP contribution is 2.60. The average Bonchev–Trinajstić information content (AvgIpc) is 3.81. The topological polar surface area (TPSA) is 36.9 Å². The molecule has 5 aromatic carbocycles. The minimum absolute atomic E-state index is 0.0547. The van der Waals surface area contributed by atoms with Gasteiger partial charge in [-0.1, -0.05) is 149 Å². The first kappa shape index (κ1) is 40.5. The van der Waals surface area contributed by atoms with Crippen LogP contribution in [-0.2, 0) is 29.4 Å². The van der Waals surface area contributed by atoms with Gasteiger partial charge in [0.25, 0.3) is 0 Å². The molecule has 59 heavy (non-hydrogen) atoms. The second-order valence-corrected chi connectivity index (χ2v) is 20.1. The van der Waals surface area contributed by atoms with E-state index < -0.39 is 42.1 Å². The van der Waals surface area contributed by atoms with Crippen molar-refractivity contribution < 1.29 is 18.6 Å². The SMILES string of the molecule is CCCCCCCCC1(C)c2ccccc2-c2cc3c(cc21)-c1ccccc1C3(c1ccc(B2OC(C)(C)C(C)(C)O2)cc1)c1ccc(B2OC(C)(C)C(C)(C)O2)cc1. The Balaban J connectivity index is 1.21. The minimum atomic E-state index is -0.586. The van der Waals surface area contributed by atoms with Crippen LogP contribution in [-0.4, -0.2) is 36.6 Å². The Labute approximate surface area is 354 Å². The fourth-order valence-corrected chi connectivity index (χ4v) is 10.4. The van der Waals surface area contributed by atoms with Gasteiger partial charge in [-0.15, -0.1) is 0 Å². The van der Waals surface area contributed by atoms with E-state index in [1.54, 1.807) is 0 Å². The molecule has 0 N–H and O–H groups in total. The summed E-state index contributed by atoms with van der Waals surface area (Å²) in [6.07, 6.45) is 8.93. The van der Waals surface area contributed by atoms with Gasteiger partial charge in [-0.25, -0.2) is 0 Å². The fourth-order valence-electron chi connectivity index (χ4n) is 10.4. The summed E-state index contributed by atoms with van der Waals surface area (Å²) in [7, 11) is -0.868. The van der Waals surface area contributed by atoms with Crippen LogP contribution in [0.25, 0.3) is 22.3 Å². The van der Waals surface area contributed by atoms with Crippen LogP contribution in [0.3, 0.4) is 0 Å². The summed E-state index contributed by atoms with van der Waals surface area (Å²) in [4.78, 5) is 0. The summed E-state index contributed by atoms with van der Waals surface area (Å²) < 4.78 is 26.2. The molecular weight excluding hydrogens is 722 g/mol. The molecule has 0 radical (unpaired) electrons. The van der Waals surface area contributed by atoms with Gasteiger partial charge in [-0.2, -0.15) is 0 Å². The lowest BCUT2D eigenvalue weighted by molar-refractivity contribution is 0.00578. The van der Waals surface area contributed by atoms with Crippen molar-refractivity contribution in [3.8, 4) is 22.3 Å². The molecule has 2 fully saturated rings. The Kier molecular flexibility index (Phi) is 9.83. The van der Waals surface area contributed by atoms with Crippen LogP contribution in [0.1, 0.15) is 148 Å². The molecule has 0 aromatic heterocycles. The van der Waals surface area contributed by atoms with Crippen molar-refractivity contribution in [1.82, 2.24) is 0 Å². The Morgan fingerprint density at radius 3 is 1.32 bits per heavy atom. The quantitative estimate of drug-likeness (QED) is 0.0969. The van der Waals surface area contributed by atoms with Gasteiger partial charge in [-0.3, -0.25) is 0 Å². The third kappa shape index (κ3) is 6.26. The number of rotatable bonds is 11. The smallest absolute Gasteiger partial charge is 0.399 e. The molecule has 0 spiro atoms. The second kappa shape index (κ2) is 14.3. The molecule has 9 rings (SSSR count). The Morgan fingerprint density at radius 2 is 0.814 bits per heavy atom. The molecule has 2 saturated heterocycles. The third-order valence-electron chi connectivity index (χ3n) is 15.4. The van der Waals surface area contributed by atoms with Crippen LogP contribution < -0.4 is 10.9 Å².